The van der Waals surface area contributed by atoms with E-state index >= 15 is 0 Å². The summed E-state index contributed by atoms with van der Waals surface area (Å²) in [5, 5.41) is 11.0. The van der Waals surface area contributed by atoms with Crippen molar-refractivity contribution < 1.29 is 19.3 Å². The van der Waals surface area contributed by atoms with Crippen LogP contribution >= 0.6 is 22.9 Å². The van der Waals surface area contributed by atoms with Gasteiger partial charge in [0.05, 0.1) is 26.2 Å². The highest BCUT2D eigenvalue weighted by Crippen LogP contribution is 2.31. The molecule has 3 rings (SSSR count). The fourth-order valence-corrected chi connectivity index (χ4v) is 3.27. The molecular formula is C14H7ClN2O5S. The van der Waals surface area contributed by atoms with Gasteiger partial charge in [-0.15, -0.1) is 11.3 Å². The Morgan fingerprint density at radius 1 is 1.22 bits per heavy atom. The number of nitro benzene ring substituents is 1. The zero-order valence-electron chi connectivity index (χ0n) is 11.3. The SMILES string of the molecule is O=C(CN1C(=O)c2cccc([N+](=O)[O-])c2C1=O)c1ccc(Cl)s1. The molecule has 2 aromatic rings. The van der Waals surface area contributed by atoms with Gasteiger partial charge in [0.1, 0.15) is 5.56 Å². The molecule has 0 atom stereocenters. The molecule has 1 aliphatic heterocycles. The molecule has 0 radical (unpaired) electrons. The van der Waals surface area contributed by atoms with E-state index in [1.165, 1.54) is 24.3 Å². The first-order valence-corrected chi connectivity index (χ1v) is 7.51. The molecule has 0 spiro atoms. The first-order valence-electron chi connectivity index (χ1n) is 6.32. The molecule has 7 nitrogen and oxygen atoms in total. The second-order valence-electron chi connectivity index (χ2n) is 4.68. The van der Waals surface area contributed by atoms with E-state index in [9.17, 15) is 24.5 Å². The molecular weight excluding hydrogens is 344 g/mol. The van der Waals surface area contributed by atoms with Crippen LogP contribution in [0.15, 0.2) is 30.3 Å². The molecule has 2 heterocycles. The first kappa shape index (κ1) is 15.3. The second kappa shape index (κ2) is 5.56. The zero-order chi connectivity index (χ0) is 16.7. The molecule has 0 aliphatic carbocycles. The van der Waals surface area contributed by atoms with Crippen LogP contribution in [-0.4, -0.2) is 34.0 Å². The Bertz CT molecular complexity index is 876. The maximum atomic E-state index is 12.3. The highest BCUT2D eigenvalue weighted by atomic mass is 35.5. The normalized spacial score (nSPS) is 13.3. The largest absolute Gasteiger partial charge is 0.291 e. The molecule has 0 saturated carbocycles. The van der Waals surface area contributed by atoms with Crippen LogP contribution in [0.1, 0.15) is 30.4 Å². The number of amides is 2. The topological polar surface area (TPSA) is 97.6 Å². The zero-order valence-corrected chi connectivity index (χ0v) is 12.9. The Balaban J connectivity index is 1.93. The number of nitrogens with zero attached hydrogens (tertiary/aromatic N) is 2. The molecule has 116 valence electrons. The molecule has 0 saturated heterocycles. The van der Waals surface area contributed by atoms with E-state index in [0.29, 0.717) is 14.1 Å². The van der Waals surface area contributed by atoms with E-state index in [1.54, 1.807) is 0 Å². The maximum Gasteiger partial charge on any atom is 0.282 e. The lowest BCUT2D eigenvalue weighted by atomic mass is 10.1. The minimum Gasteiger partial charge on any atom is -0.291 e. The van der Waals surface area contributed by atoms with Crippen LogP contribution in [0.25, 0.3) is 0 Å². The van der Waals surface area contributed by atoms with Crippen LogP contribution in [0, 0.1) is 10.1 Å². The summed E-state index contributed by atoms with van der Waals surface area (Å²) in [5.41, 5.74) is -0.796. The lowest BCUT2D eigenvalue weighted by molar-refractivity contribution is -0.385. The van der Waals surface area contributed by atoms with Crippen LogP contribution < -0.4 is 0 Å². The molecule has 0 bridgehead atoms. The van der Waals surface area contributed by atoms with Crippen LogP contribution in [0.5, 0.6) is 0 Å². The third kappa shape index (κ3) is 2.51. The predicted molar refractivity (Wildman–Crippen MR) is 82.1 cm³/mol. The van der Waals surface area contributed by atoms with Gasteiger partial charge in [0.2, 0.25) is 0 Å². The van der Waals surface area contributed by atoms with Crippen molar-refractivity contribution in [1.29, 1.82) is 0 Å². The number of nitro groups is 1. The highest BCUT2D eigenvalue weighted by Gasteiger charge is 2.41. The minimum atomic E-state index is -0.840. The smallest absolute Gasteiger partial charge is 0.282 e. The fraction of sp³-hybridized carbons (Fsp3) is 0.0714. The van der Waals surface area contributed by atoms with Crippen molar-refractivity contribution in [2.75, 3.05) is 6.54 Å². The summed E-state index contributed by atoms with van der Waals surface area (Å²) < 4.78 is 0.409. The van der Waals surface area contributed by atoms with E-state index in [-0.39, 0.29) is 11.1 Å². The maximum absolute atomic E-state index is 12.3. The van der Waals surface area contributed by atoms with Gasteiger partial charge < -0.3 is 0 Å². The highest BCUT2D eigenvalue weighted by molar-refractivity contribution is 7.18. The molecule has 1 aromatic carbocycles. The first-order chi connectivity index (χ1) is 10.9. The summed E-state index contributed by atoms with van der Waals surface area (Å²) in [6.45, 7) is -0.486. The Hall–Kier alpha value is -2.58. The van der Waals surface area contributed by atoms with Gasteiger partial charge >= 0.3 is 0 Å². The molecule has 2 amide bonds. The van der Waals surface area contributed by atoms with E-state index < -0.39 is 34.8 Å². The van der Waals surface area contributed by atoms with Crippen LogP contribution in [0.4, 0.5) is 5.69 Å². The minimum absolute atomic E-state index is 0.0683. The lowest BCUT2D eigenvalue weighted by Crippen LogP contribution is -2.34. The van der Waals surface area contributed by atoms with Crippen molar-refractivity contribution in [2.45, 2.75) is 0 Å². The van der Waals surface area contributed by atoms with Crippen LogP contribution in [0.3, 0.4) is 0 Å². The van der Waals surface area contributed by atoms with Gasteiger partial charge in [0, 0.05) is 6.07 Å². The summed E-state index contributed by atoms with van der Waals surface area (Å²) in [5.74, 6) is -2.02. The van der Waals surface area contributed by atoms with E-state index in [0.717, 1.165) is 17.4 Å². The monoisotopic (exact) mass is 350 g/mol. The number of imide groups is 1. The Morgan fingerprint density at radius 2 is 1.96 bits per heavy atom. The molecule has 0 unspecified atom stereocenters. The third-order valence-electron chi connectivity index (χ3n) is 3.32. The lowest BCUT2D eigenvalue weighted by Gasteiger charge is -2.11. The summed E-state index contributed by atoms with van der Waals surface area (Å²) in [4.78, 5) is 48.0. The molecule has 1 aliphatic rings. The number of carbonyl (C=O) groups excluding carboxylic acids is 3. The average molecular weight is 351 g/mol. The number of Topliss-reactive ketones (excluding diaryl/α,β-unsaturated/α-hetero) is 1. The molecule has 0 fully saturated rings. The molecule has 9 heteroatoms. The quantitative estimate of drug-likeness (QED) is 0.365. The number of benzene rings is 1. The average Bonchev–Trinajstić information content (AvgIpc) is 3.05. The number of fused-ring (bicyclic) bond motifs is 1. The third-order valence-corrected chi connectivity index (χ3v) is 4.60. The summed E-state index contributed by atoms with van der Waals surface area (Å²) in [6.07, 6.45) is 0. The molecule has 23 heavy (non-hydrogen) atoms. The van der Waals surface area contributed by atoms with Gasteiger partial charge in [0.15, 0.2) is 5.78 Å². The number of carbonyl (C=O) groups is 3. The number of thiophene rings is 1. The Morgan fingerprint density at radius 3 is 2.57 bits per heavy atom. The van der Waals surface area contributed by atoms with Gasteiger partial charge in [-0.05, 0) is 18.2 Å². The van der Waals surface area contributed by atoms with Gasteiger partial charge in [-0.1, -0.05) is 17.7 Å². The van der Waals surface area contributed by atoms with Gasteiger partial charge in [-0.25, -0.2) is 0 Å². The van der Waals surface area contributed by atoms with Crippen molar-refractivity contribution in [3.8, 4) is 0 Å². The van der Waals surface area contributed by atoms with E-state index in [2.05, 4.69) is 0 Å². The van der Waals surface area contributed by atoms with Crippen molar-refractivity contribution in [3.63, 3.8) is 0 Å². The van der Waals surface area contributed by atoms with Crippen LogP contribution in [-0.2, 0) is 0 Å². The van der Waals surface area contributed by atoms with Crippen LogP contribution in [0.2, 0.25) is 4.34 Å². The summed E-state index contributed by atoms with van der Waals surface area (Å²) in [6, 6.07) is 6.83. The van der Waals surface area contributed by atoms with E-state index in [1.807, 2.05) is 0 Å². The van der Waals surface area contributed by atoms with E-state index in [4.69, 9.17) is 11.6 Å². The van der Waals surface area contributed by atoms with Crippen molar-refractivity contribution in [3.05, 3.63) is 60.8 Å². The number of hydrogen-bond donors (Lipinski definition) is 0. The summed E-state index contributed by atoms with van der Waals surface area (Å²) in [7, 11) is 0. The number of halogens is 1. The molecule has 0 N–H and O–H groups in total. The predicted octanol–water partition coefficient (Wildman–Crippen LogP) is 2.79. The number of ketones is 1. The van der Waals surface area contributed by atoms with Crippen molar-refractivity contribution >= 4 is 46.2 Å². The van der Waals surface area contributed by atoms with Gasteiger partial charge in [-0.2, -0.15) is 0 Å². The Kier molecular flexibility index (Phi) is 3.70. The number of hydrogen-bond acceptors (Lipinski definition) is 6. The molecule has 1 aromatic heterocycles. The van der Waals surface area contributed by atoms with Crippen molar-refractivity contribution in [2.24, 2.45) is 0 Å². The number of rotatable bonds is 4. The summed E-state index contributed by atoms with van der Waals surface area (Å²) >= 11 is 6.78. The van der Waals surface area contributed by atoms with Gasteiger partial charge in [0.25, 0.3) is 17.5 Å². The van der Waals surface area contributed by atoms with Gasteiger partial charge in [-0.3, -0.25) is 29.4 Å². The Labute approximate surface area is 138 Å². The fourth-order valence-electron chi connectivity index (χ4n) is 2.30. The second-order valence-corrected chi connectivity index (χ2v) is 6.40. The van der Waals surface area contributed by atoms with Crippen molar-refractivity contribution in [1.82, 2.24) is 4.90 Å². The standard InChI is InChI=1S/C14H7ClN2O5S/c15-11-5-4-10(23-11)9(18)6-16-13(19)7-2-1-3-8(17(21)22)12(7)14(16)20/h1-5H,6H2.